The Kier molecular flexibility index (Phi) is 5.11. The van der Waals surface area contributed by atoms with Crippen LogP contribution in [0.3, 0.4) is 0 Å². The molecule has 0 unspecified atom stereocenters. The van der Waals surface area contributed by atoms with E-state index in [0.29, 0.717) is 12.4 Å². The number of esters is 1. The highest BCUT2D eigenvalue weighted by Crippen LogP contribution is 2.24. The SMILES string of the molecule is Cc1ccc2c(CC(=O)Oc3ccc(OCc4ccccc4)cc3)coc2c1. The normalized spacial score (nSPS) is 10.8. The van der Waals surface area contributed by atoms with Crippen molar-refractivity contribution >= 4 is 16.9 Å². The summed E-state index contributed by atoms with van der Waals surface area (Å²) < 4.78 is 16.7. The molecule has 4 aromatic rings. The molecule has 0 aliphatic carbocycles. The Morgan fingerprint density at radius 1 is 0.929 bits per heavy atom. The number of benzene rings is 3. The molecule has 0 aliphatic heterocycles. The maximum Gasteiger partial charge on any atom is 0.315 e. The van der Waals surface area contributed by atoms with Crippen LogP contribution < -0.4 is 9.47 Å². The second kappa shape index (κ2) is 8.01. The Bertz CT molecular complexity index is 1080. The van der Waals surface area contributed by atoms with Crippen molar-refractivity contribution in [3.63, 3.8) is 0 Å². The zero-order valence-electron chi connectivity index (χ0n) is 15.6. The zero-order valence-corrected chi connectivity index (χ0v) is 15.6. The van der Waals surface area contributed by atoms with Crippen molar-refractivity contribution in [2.75, 3.05) is 0 Å². The molecule has 1 aromatic heterocycles. The van der Waals surface area contributed by atoms with Crippen LogP contribution in [-0.2, 0) is 17.8 Å². The largest absolute Gasteiger partial charge is 0.489 e. The van der Waals surface area contributed by atoms with Gasteiger partial charge in [-0.15, -0.1) is 0 Å². The molecule has 0 atom stereocenters. The summed E-state index contributed by atoms with van der Waals surface area (Å²) in [7, 11) is 0. The van der Waals surface area contributed by atoms with Gasteiger partial charge >= 0.3 is 5.97 Å². The monoisotopic (exact) mass is 372 g/mol. The number of carbonyl (C=O) groups is 1. The molecule has 0 radical (unpaired) electrons. The quantitative estimate of drug-likeness (QED) is 0.333. The van der Waals surface area contributed by atoms with E-state index in [0.717, 1.165) is 33.4 Å². The van der Waals surface area contributed by atoms with Crippen LogP contribution in [-0.4, -0.2) is 5.97 Å². The molecule has 28 heavy (non-hydrogen) atoms. The van der Waals surface area contributed by atoms with Gasteiger partial charge in [0.05, 0.1) is 12.7 Å². The van der Waals surface area contributed by atoms with Gasteiger partial charge in [0.2, 0.25) is 0 Å². The lowest BCUT2D eigenvalue weighted by atomic mass is 10.1. The highest BCUT2D eigenvalue weighted by Gasteiger charge is 2.12. The lowest BCUT2D eigenvalue weighted by Crippen LogP contribution is -2.10. The first-order chi connectivity index (χ1) is 13.7. The van der Waals surface area contributed by atoms with Gasteiger partial charge in [0.15, 0.2) is 0 Å². The van der Waals surface area contributed by atoms with Crippen molar-refractivity contribution in [1.82, 2.24) is 0 Å². The fraction of sp³-hybridized carbons (Fsp3) is 0.125. The molecule has 0 saturated heterocycles. The van der Waals surface area contributed by atoms with E-state index in [2.05, 4.69) is 0 Å². The van der Waals surface area contributed by atoms with E-state index in [9.17, 15) is 4.79 Å². The Labute approximate surface area is 163 Å². The molecule has 4 rings (SSSR count). The van der Waals surface area contributed by atoms with Gasteiger partial charge in [-0.2, -0.15) is 0 Å². The first kappa shape index (κ1) is 17.9. The average molecular weight is 372 g/mol. The number of hydrogen-bond donors (Lipinski definition) is 0. The standard InChI is InChI=1S/C24H20O4/c1-17-7-12-22-19(16-27-23(22)13-17)14-24(25)28-21-10-8-20(9-11-21)26-15-18-5-3-2-4-6-18/h2-13,16H,14-15H2,1H3. The van der Waals surface area contributed by atoms with Crippen molar-refractivity contribution in [1.29, 1.82) is 0 Å². The predicted octanol–water partition coefficient (Wildman–Crippen LogP) is 5.47. The number of ether oxygens (including phenoxy) is 2. The zero-order chi connectivity index (χ0) is 19.3. The molecule has 140 valence electrons. The van der Waals surface area contributed by atoms with Crippen LogP contribution in [0.4, 0.5) is 0 Å². The van der Waals surface area contributed by atoms with E-state index in [1.54, 1.807) is 30.5 Å². The fourth-order valence-electron chi connectivity index (χ4n) is 3.00. The number of furan rings is 1. The van der Waals surface area contributed by atoms with Crippen LogP contribution >= 0.6 is 0 Å². The third-order valence-corrected chi connectivity index (χ3v) is 4.45. The van der Waals surface area contributed by atoms with E-state index in [1.807, 2.05) is 55.5 Å². The van der Waals surface area contributed by atoms with E-state index >= 15 is 0 Å². The molecule has 4 nitrogen and oxygen atoms in total. The third kappa shape index (κ3) is 4.23. The molecule has 1 heterocycles. The van der Waals surface area contributed by atoms with Gasteiger partial charge in [0.25, 0.3) is 0 Å². The molecule has 0 bridgehead atoms. The Balaban J connectivity index is 1.35. The maximum absolute atomic E-state index is 12.3. The summed E-state index contributed by atoms with van der Waals surface area (Å²) in [5.41, 5.74) is 3.82. The van der Waals surface area contributed by atoms with Crippen LogP contribution in [0, 0.1) is 6.92 Å². The lowest BCUT2D eigenvalue weighted by Gasteiger charge is -2.08. The second-order valence-corrected chi connectivity index (χ2v) is 6.66. The molecule has 0 spiro atoms. The molecule has 4 heteroatoms. The number of carbonyl (C=O) groups excluding carboxylic acids is 1. The Hall–Kier alpha value is -3.53. The topological polar surface area (TPSA) is 48.7 Å². The number of aryl methyl sites for hydroxylation is 1. The minimum atomic E-state index is -0.332. The Morgan fingerprint density at radius 3 is 2.46 bits per heavy atom. The molecule has 0 amide bonds. The summed E-state index contributed by atoms with van der Waals surface area (Å²) in [5, 5.41) is 0.937. The Morgan fingerprint density at radius 2 is 1.68 bits per heavy atom. The van der Waals surface area contributed by atoms with Gasteiger partial charge in [-0.25, -0.2) is 0 Å². The maximum atomic E-state index is 12.3. The molecule has 0 N–H and O–H groups in total. The first-order valence-electron chi connectivity index (χ1n) is 9.11. The molecule has 3 aromatic carbocycles. The van der Waals surface area contributed by atoms with Crippen molar-refractivity contribution in [3.05, 3.63) is 95.7 Å². The van der Waals surface area contributed by atoms with Crippen molar-refractivity contribution in [2.24, 2.45) is 0 Å². The summed E-state index contributed by atoms with van der Waals surface area (Å²) in [4.78, 5) is 12.3. The molecule has 0 saturated carbocycles. The molecule has 0 fully saturated rings. The van der Waals surface area contributed by atoms with Gasteiger partial charge in [-0.05, 0) is 48.4 Å². The number of rotatable bonds is 6. The van der Waals surface area contributed by atoms with Gasteiger partial charge in [0, 0.05) is 10.9 Å². The minimum Gasteiger partial charge on any atom is -0.489 e. The van der Waals surface area contributed by atoms with Gasteiger partial charge < -0.3 is 13.9 Å². The molecular weight excluding hydrogens is 352 g/mol. The number of fused-ring (bicyclic) bond motifs is 1. The number of hydrogen-bond acceptors (Lipinski definition) is 4. The summed E-state index contributed by atoms with van der Waals surface area (Å²) in [6.07, 6.45) is 1.77. The first-order valence-corrected chi connectivity index (χ1v) is 9.11. The summed E-state index contributed by atoms with van der Waals surface area (Å²) in [6, 6.07) is 22.9. The fourth-order valence-corrected chi connectivity index (χ4v) is 3.00. The van der Waals surface area contributed by atoms with E-state index < -0.39 is 0 Å². The van der Waals surface area contributed by atoms with Crippen LogP contribution in [0.5, 0.6) is 11.5 Å². The molecule has 0 aliphatic rings. The third-order valence-electron chi connectivity index (χ3n) is 4.45. The highest BCUT2D eigenvalue weighted by molar-refractivity contribution is 5.86. The summed E-state index contributed by atoms with van der Waals surface area (Å²) in [5.74, 6) is 0.877. The summed E-state index contributed by atoms with van der Waals surface area (Å²) >= 11 is 0. The summed E-state index contributed by atoms with van der Waals surface area (Å²) in [6.45, 7) is 2.50. The minimum absolute atomic E-state index is 0.155. The van der Waals surface area contributed by atoms with Crippen LogP contribution in [0.2, 0.25) is 0 Å². The van der Waals surface area contributed by atoms with Gasteiger partial charge in [-0.3, -0.25) is 4.79 Å². The van der Waals surface area contributed by atoms with E-state index in [4.69, 9.17) is 13.9 Å². The van der Waals surface area contributed by atoms with E-state index in [1.165, 1.54) is 0 Å². The van der Waals surface area contributed by atoms with Gasteiger partial charge in [0.1, 0.15) is 23.7 Å². The predicted molar refractivity (Wildman–Crippen MR) is 108 cm³/mol. The van der Waals surface area contributed by atoms with Crippen LogP contribution in [0.25, 0.3) is 11.0 Å². The average Bonchev–Trinajstić information content (AvgIpc) is 3.10. The van der Waals surface area contributed by atoms with Crippen molar-refractivity contribution in [3.8, 4) is 11.5 Å². The van der Waals surface area contributed by atoms with Gasteiger partial charge in [-0.1, -0.05) is 42.5 Å². The van der Waals surface area contributed by atoms with E-state index in [-0.39, 0.29) is 12.4 Å². The lowest BCUT2D eigenvalue weighted by molar-refractivity contribution is -0.133. The van der Waals surface area contributed by atoms with Crippen LogP contribution in [0.15, 0.2) is 83.5 Å². The highest BCUT2D eigenvalue weighted by atomic mass is 16.5. The smallest absolute Gasteiger partial charge is 0.315 e. The van der Waals surface area contributed by atoms with Crippen LogP contribution in [0.1, 0.15) is 16.7 Å². The molecular formula is C24H20O4. The van der Waals surface area contributed by atoms with Crippen molar-refractivity contribution < 1.29 is 18.7 Å². The second-order valence-electron chi connectivity index (χ2n) is 6.66. The van der Waals surface area contributed by atoms with Crippen molar-refractivity contribution in [2.45, 2.75) is 20.0 Å².